The topological polar surface area (TPSA) is 57.0 Å². The van der Waals surface area contributed by atoms with Crippen LogP contribution < -0.4 is 0 Å². The summed E-state index contributed by atoms with van der Waals surface area (Å²) in [5.41, 5.74) is 1.14. The van der Waals surface area contributed by atoms with Gasteiger partial charge in [0, 0.05) is 0 Å². The first kappa shape index (κ1) is 13.3. The predicted octanol–water partition coefficient (Wildman–Crippen LogP) is 3.30. The van der Waals surface area contributed by atoms with Gasteiger partial charge in [-0.2, -0.15) is 0 Å². The average Bonchev–Trinajstić information content (AvgIpc) is 3.19. The molecule has 2 heterocycles. The van der Waals surface area contributed by atoms with Crippen molar-refractivity contribution in [2.75, 3.05) is 6.61 Å². The Bertz CT molecular complexity index is 586. The minimum absolute atomic E-state index is 0.334. The number of hydrogen-bond donors (Lipinski definition) is 0. The van der Waals surface area contributed by atoms with Gasteiger partial charge < -0.3 is 4.74 Å². The van der Waals surface area contributed by atoms with Crippen molar-refractivity contribution in [3.63, 3.8) is 0 Å². The van der Waals surface area contributed by atoms with Crippen LogP contribution in [0.3, 0.4) is 0 Å². The second kappa shape index (κ2) is 5.75. The van der Waals surface area contributed by atoms with Crippen LogP contribution in [-0.2, 0) is 4.74 Å². The molecule has 1 aliphatic rings. The van der Waals surface area contributed by atoms with Gasteiger partial charge in [-0.3, -0.25) is 0 Å². The Morgan fingerprint density at radius 3 is 2.95 bits per heavy atom. The molecule has 5 nitrogen and oxygen atoms in total. The highest BCUT2D eigenvalue weighted by atomic mass is 32.1. The number of hydrogen-bond acceptors (Lipinski definition) is 5. The summed E-state index contributed by atoms with van der Waals surface area (Å²) in [6.45, 7) is 2.14. The lowest BCUT2D eigenvalue weighted by Crippen LogP contribution is -2.10. The highest BCUT2D eigenvalue weighted by Gasteiger charge is 2.28. The molecule has 2 aromatic rings. The van der Waals surface area contributed by atoms with Gasteiger partial charge >= 0.3 is 5.97 Å². The molecule has 0 bridgehead atoms. The zero-order chi connectivity index (χ0) is 13.9. The van der Waals surface area contributed by atoms with E-state index >= 15 is 0 Å². The van der Waals surface area contributed by atoms with E-state index in [9.17, 15) is 4.79 Å². The number of carbonyl (C=O) groups excluding carboxylic acids is 1. The smallest absolute Gasteiger partial charge is 0.361 e. The van der Waals surface area contributed by atoms with Gasteiger partial charge in [0.05, 0.1) is 17.5 Å². The first-order chi connectivity index (χ1) is 9.81. The van der Waals surface area contributed by atoms with Crippen LogP contribution in [0.15, 0.2) is 17.5 Å². The molecular weight excluding hydrogens is 274 g/mol. The van der Waals surface area contributed by atoms with E-state index in [0.717, 1.165) is 23.4 Å². The molecule has 0 amide bonds. The quantitative estimate of drug-likeness (QED) is 0.811. The van der Waals surface area contributed by atoms with E-state index in [1.54, 1.807) is 18.3 Å². The number of thiophene rings is 1. The van der Waals surface area contributed by atoms with Crippen LogP contribution in [0.1, 0.15) is 49.1 Å². The number of aromatic nitrogens is 3. The van der Waals surface area contributed by atoms with Crippen LogP contribution in [0.4, 0.5) is 0 Å². The number of esters is 1. The van der Waals surface area contributed by atoms with E-state index in [-0.39, 0.29) is 5.97 Å². The average molecular weight is 291 g/mol. The van der Waals surface area contributed by atoms with Gasteiger partial charge in [0.2, 0.25) is 0 Å². The largest absolute Gasteiger partial charge is 0.461 e. The van der Waals surface area contributed by atoms with Gasteiger partial charge in [0.1, 0.15) is 5.69 Å². The van der Waals surface area contributed by atoms with Gasteiger partial charge in [-0.05, 0) is 31.2 Å². The van der Waals surface area contributed by atoms with Gasteiger partial charge in [0.25, 0.3) is 0 Å². The molecule has 20 heavy (non-hydrogen) atoms. The lowest BCUT2D eigenvalue weighted by Gasteiger charge is -2.12. The normalized spacial score (nSPS) is 15.7. The standard InChI is InChI=1S/C14H17N3O2S/c1-2-19-14(18)12-13(11-8-5-9-20-11)17(16-15-12)10-6-3-4-7-10/h5,8-10H,2-4,6-7H2,1H3. The van der Waals surface area contributed by atoms with Crippen LogP contribution in [0.25, 0.3) is 10.6 Å². The molecule has 6 heteroatoms. The fourth-order valence-electron chi connectivity index (χ4n) is 2.68. The van der Waals surface area contributed by atoms with E-state index < -0.39 is 0 Å². The van der Waals surface area contributed by atoms with Crippen molar-refractivity contribution in [1.29, 1.82) is 0 Å². The third-order valence-corrected chi connectivity index (χ3v) is 4.46. The summed E-state index contributed by atoms with van der Waals surface area (Å²) >= 11 is 1.59. The number of ether oxygens (including phenoxy) is 1. The fraction of sp³-hybridized carbons (Fsp3) is 0.500. The minimum atomic E-state index is -0.389. The molecule has 106 valence electrons. The van der Waals surface area contributed by atoms with E-state index in [1.165, 1.54) is 12.8 Å². The summed E-state index contributed by atoms with van der Waals surface area (Å²) in [7, 11) is 0. The van der Waals surface area contributed by atoms with Crippen LogP contribution >= 0.6 is 11.3 Å². The molecule has 0 saturated heterocycles. The van der Waals surface area contributed by atoms with Crippen LogP contribution in [0, 0.1) is 0 Å². The summed E-state index contributed by atoms with van der Waals surface area (Å²) in [5, 5.41) is 10.3. The minimum Gasteiger partial charge on any atom is -0.461 e. The molecule has 1 saturated carbocycles. The zero-order valence-electron chi connectivity index (χ0n) is 11.4. The van der Waals surface area contributed by atoms with Gasteiger partial charge in [-0.25, -0.2) is 9.48 Å². The van der Waals surface area contributed by atoms with Gasteiger partial charge in [-0.15, -0.1) is 16.4 Å². The Morgan fingerprint density at radius 1 is 1.50 bits per heavy atom. The maximum Gasteiger partial charge on any atom is 0.361 e. The number of carbonyl (C=O) groups is 1. The monoisotopic (exact) mass is 291 g/mol. The Balaban J connectivity index is 2.04. The molecular formula is C14H17N3O2S. The van der Waals surface area contributed by atoms with E-state index in [4.69, 9.17) is 4.74 Å². The van der Waals surface area contributed by atoms with Gasteiger partial charge in [-0.1, -0.05) is 24.1 Å². The third kappa shape index (κ3) is 2.35. The lowest BCUT2D eigenvalue weighted by atomic mass is 10.2. The Morgan fingerprint density at radius 2 is 2.30 bits per heavy atom. The molecule has 0 unspecified atom stereocenters. The molecule has 1 fully saturated rings. The van der Waals surface area contributed by atoms with Crippen molar-refractivity contribution >= 4 is 17.3 Å². The van der Waals surface area contributed by atoms with Crippen molar-refractivity contribution in [1.82, 2.24) is 15.0 Å². The molecule has 0 aliphatic heterocycles. The molecule has 0 N–H and O–H groups in total. The second-order valence-electron chi connectivity index (χ2n) is 4.87. The maximum atomic E-state index is 12.1. The molecule has 0 radical (unpaired) electrons. The Labute approximate surface area is 121 Å². The van der Waals surface area contributed by atoms with Crippen molar-refractivity contribution < 1.29 is 9.53 Å². The van der Waals surface area contributed by atoms with Crippen LogP contribution in [-0.4, -0.2) is 27.6 Å². The fourth-order valence-corrected chi connectivity index (χ4v) is 3.44. The van der Waals surface area contributed by atoms with Crippen LogP contribution in [0.2, 0.25) is 0 Å². The van der Waals surface area contributed by atoms with Crippen molar-refractivity contribution in [2.45, 2.75) is 38.6 Å². The highest BCUT2D eigenvalue weighted by molar-refractivity contribution is 7.13. The Hall–Kier alpha value is -1.69. The second-order valence-corrected chi connectivity index (χ2v) is 5.81. The molecule has 1 aliphatic carbocycles. The number of nitrogens with zero attached hydrogens (tertiary/aromatic N) is 3. The van der Waals surface area contributed by atoms with E-state index in [2.05, 4.69) is 10.3 Å². The summed E-state index contributed by atoms with van der Waals surface area (Å²) in [4.78, 5) is 13.1. The van der Waals surface area contributed by atoms with Crippen LogP contribution in [0.5, 0.6) is 0 Å². The maximum absolute atomic E-state index is 12.1. The summed E-state index contributed by atoms with van der Waals surface area (Å²) in [6, 6.07) is 4.32. The number of rotatable bonds is 4. The molecule has 2 aromatic heterocycles. The molecule has 0 spiro atoms. The molecule has 0 aromatic carbocycles. The lowest BCUT2D eigenvalue weighted by molar-refractivity contribution is 0.0520. The summed E-state index contributed by atoms with van der Waals surface area (Å²) in [5.74, 6) is -0.389. The highest BCUT2D eigenvalue weighted by Crippen LogP contribution is 2.35. The summed E-state index contributed by atoms with van der Waals surface area (Å²) in [6.07, 6.45) is 4.63. The molecule has 3 rings (SSSR count). The predicted molar refractivity (Wildman–Crippen MR) is 76.8 cm³/mol. The zero-order valence-corrected chi connectivity index (χ0v) is 12.2. The van der Waals surface area contributed by atoms with E-state index in [1.807, 2.05) is 22.2 Å². The SMILES string of the molecule is CCOC(=O)c1nnn(C2CCCC2)c1-c1cccs1. The Kier molecular flexibility index (Phi) is 3.82. The van der Waals surface area contributed by atoms with Crippen molar-refractivity contribution in [2.24, 2.45) is 0 Å². The first-order valence-electron chi connectivity index (χ1n) is 6.97. The third-order valence-electron chi connectivity index (χ3n) is 3.59. The van der Waals surface area contributed by atoms with Crippen molar-refractivity contribution in [3.8, 4) is 10.6 Å². The molecule has 0 atom stereocenters. The van der Waals surface area contributed by atoms with Gasteiger partial charge in [0.15, 0.2) is 5.69 Å². The van der Waals surface area contributed by atoms with E-state index in [0.29, 0.717) is 18.3 Å². The van der Waals surface area contributed by atoms with Crippen molar-refractivity contribution in [3.05, 3.63) is 23.2 Å². The first-order valence-corrected chi connectivity index (χ1v) is 7.85. The summed E-state index contributed by atoms with van der Waals surface area (Å²) < 4.78 is 7.01.